The number of ether oxygens (including phenoxy) is 1. The number of alkyl halides is 3. The highest BCUT2D eigenvalue weighted by molar-refractivity contribution is 5.65. The van der Waals surface area contributed by atoms with Crippen LogP contribution in [0, 0.1) is 5.82 Å². The van der Waals surface area contributed by atoms with Crippen molar-refractivity contribution in [1.29, 1.82) is 0 Å². The largest absolute Gasteiger partial charge is 0.573 e. The molecule has 0 saturated heterocycles. The van der Waals surface area contributed by atoms with Gasteiger partial charge in [0.05, 0.1) is 11.4 Å². The van der Waals surface area contributed by atoms with Crippen LogP contribution in [0.3, 0.4) is 0 Å². The van der Waals surface area contributed by atoms with Crippen LogP contribution in [-0.2, 0) is 0 Å². The predicted octanol–water partition coefficient (Wildman–Crippen LogP) is 5.72. The zero-order valence-corrected chi connectivity index (χ0v) is 15.3. The molecule has 0 atom stereocenters. The second-order valence-electron chi connectivity index (χ2n) is 6.24. The topological polar surface area (TPSA) is 52.0 Å². The molecule has 0 amide bonds. The summed E-state index contributed by atoms with van der Waals surface area (Å²) in [6.45, 7) is 0. The Kier molecular flexibility index (Phi) is 5.09. The van der Waals surface area contributed by atoms with Crippen LogP contribution in [0.15, 0.2) is 79.1 Å². The lowest BCUT2D eigenvalue weighted by atomic mass is 10.2. The summed E-state index contributed by atoms with van der Waals surface area (Å²) in [6, 6.07) is 18.9. The van der Waals surface area contributed by atoms with Gasteiger partial charge in [0.2, 0.25) is 0 Å². The minimum Gasteiger partial charge on any atom is -0.406 e. The van der Waals surface area contributed by atoms with E-state index in [4.69, 9.17) is 0 Å². The molecule has 152 valence electrons. The van der Waals surface area contributed by atoms with Crippen molar-refractivity contribution in [3.05, 3.63) is 84.9 Å². The molecule has 1 heterocycles. The monoisotopic (exact) mass is 414 g/mol. The van der Waals surface area contributed by atoms with Gasteiger partial charge in [-0.1, -0.05) is 18.2 Å². The van der Waals surface area contributed by atoms with Gasteiger partial charge in [0.15, 0.2) is 5.82 Å². The summed E-state index contributed by atoms with van der Waals surface area (Å²) in [6.07, 6.45) is -3.36. The van der Waals surface area contributed by atoms with Crippen LogP contribution >= 0.6 is 0 Å². The Hall–Kier alpha value is -3.88. The molecule has 0 aliphatic carbocycles. The summed E-state index contributed by atoms with van der Waals surface area (Å²) < 4.78 is 56.5. The maximum absolute atomic E-state index is 14.5. The third-order valence-corrected chi connectivity index (χ3v) is 4.11. The van der Waals surface area contributed by atoms with Crippen molar-refractivity contribution in [2.45, 2.75) is 6.36 Å². The van der Waals surface area contributed by atoms with Crippen LogP contribution in [0.5, 0.6) is 5.75 Å². The first kappa shape index (κ1) is 19.4. The highest BCUT2D eigenvalue weighted by Crippen LogP contribution is 2.26. The normalized spacial score (nSPS) is 11.3. The summed E-state index contributed by atoms with van der Waals surface area (Å²) in [5.41, 5.74) is 2.00. The lowest BCUT2D eigenvalue weighted by molar-refractivity contribution is -0.274. The fraction of sp³-hybridized carbons (Fsp3) is 0.0476. The molecule has 4 rings (SSSR count). The number of rotatable bonds is 5. The molecule has 4 aromatic rings. The third-order valence-electron chi connectivity index (χ3n) is 4.11. The fourth-order valence-electron chi connectivity index (χ4n) is 2.75. The summed E-state index contributed by atoms with van der Waals surface area (Å²) in [4.78, 5) is 4.15. The van der Waals surface area contributed by atoms with Gasteiger partial charge < -0.3 is 10.1 Å². The molecule has 0 saturated carbocycles. The number of hydrogen-bond donors (Lipinski definition) is 1. The van der Waals surface area contributed by atoms with Gasteiger partial charge in [-0.3, -0.25) is 0 Å². The Morgan fingerprint density at radius 3 is 2.30 bits per heavy atom. The van der Waals surface area contributed by atoms with Crippen molar-refractivity contribution in [3.63, 3.8) is 0 Å². The van der Waals surface area contributed by atoms with E-state index < -0.39 is 12.2 Å². The first-order chi connectivity index (χ1) is 14.4. The van der Waals surface area contributed by atoms with E-state index in [9.17, 15) is 17.6 Å². The minimum absolute atomic E-state index is 0.274. The number of halogens is 4. The molecular weight excluding hydrogens is 400 g/mol. The van der Waals surface area contributed by atoms with Gasteiger partial charge >= 0.3 is 6.36 Å². The average molecular weight is 414 g/mol. The van der Waals surface area contributed by atoms with Crippen LogP contribution in [0.25, 0.3) is 17.1 Å². The molecule has 0 fully saturated rings. The van der Waals surface area contributed by atoms with Crippen molar-refractivity contribution in [3.8, 4) is 22.8 Å². The Labute approximate surface area is 168 Å². The molecule has 1 aromatic heterocycles. The lowest BCUT2D eigenvalue weighted by Crippen LogP contribution is -2.17. The number of nitrogens with zero attached hydrogens (tertiary/aromatic N) is 3. The minimum atomic E-state index is -4.76. The van der Waals surface area contributed by atoms with Crippen molar-refractivity contribution in [2.24, 2.45) is 0 Å². The lowest BCUT2D eigenvalue weighted by Gasteiger charge is -2.09. The molecule has 0 unspecified atom stereocenters. The molecule has 1 N–H and O–H groups in total. The van der Waals surface area contributed by atoms with Crippen molar-refractivity contribution in [2.75, 3.05) is 5.32 Å². The molecular formula is C21H14F4N4O. The molecule has 0 bridgehead atoms. The SMILES string of the molecule is Fc1cc(-c2ncn(-c3ccc(OC(F)(F)F)cc3)n2)ccc1Nc1ccccc1. The van der Waals surface area contributed by atoms with Crippen LogP contribution in [0.1, 0.15) is 0 Å². The predicted molar refractivity (Wildman–Crippen MR) is 103 cm³/mol. The summed E-state index contributed by atoms with van der Waals surface area (Å²) in [5, 5.41) is 7.26. The van der Waals surface area contributed by atoms with Crippen LogP contribution in [0.2, 0.25) is 0 Å². The van der Waals surface area contributed by atoms with E-state index in [1.54, 1.807) is 12.1 Å². The molecule has 3 aromatic carbocycles. The summed E-state index contributed by atoms with van der Waals surface area (Å²) in [7, 11) is 0. The van der Waals surface area contributed by atoms with E-state index in [0.29, 0.717) is 16.9 Å². The van der Waals surface area contributed by atoms with E-state index in [1.807, 2.05) is 30.3 Å². The van der Waals surface area contributed by atoms with Crippen molar-refractivity contribution >= 4 is 11.4 Å². The van der Waals surface area contributed by atoms with E-state index in [0.717, 1.165) is 5.69 Å². The molecule has 0 spiro atoms. The molecule has 30 heavy (non-hydrogen) atoms. The second kappa shape index (κ2) is 7.86. The number of benzene rings is 3. The quantitative estimate of drug-likeness (QED) is 0.425. The maximum Gasteiger partial charge on any atom is 0.573 e. The van der Waals surface area contributed by atoms with E-state index in [1.165, 1.54) is 41.3 Å². The smallest absolute Gasteiger partial charge is 0.406 e. The zero-order valence-electron chi connectivity index (χ0n) is 15.3. The molecule has 0 aliphatic rings. The number of para-hydroxylation sites is 1. The Morgan fingerprint density at radius 1 is 0.900 bits per heavy atom. The van der Waals surface area contributed by atoms with Gasteiger partial charge in [0, 0.05) is 11.3 Å². The standard InChI is InChI=1S/C21H14F4N4O/c22-18-12-14(6-11-19(18)27-15-4-2-1-3-5-15)20-26-13-29(28-20)16-7-9-17(10-8-16)30-21(23,24)25/h1-13,27H. The van der Waals surface area contributed by atoms with E-state index >= 15 is 0 Å². The van der Waals surface area contributed by atoms with Crippen LogP contribution in [-0.4, -0.2) is 21.1 Å². The highest BCUT2D eigenvalue weighted by atomic mass is 19.4. The first-order valence-corrected chi connectivity index (χ1v) is 8.77. The molecule has 9 heteroatoms. The first-order valence-electron chi connectivity index (χ1n) is 8.77. The Morgan fingerprint density at radius 2 is 1.63 bits per heavy atom. The number of anilines is 2. The van der Waals surface area contributed by atoms with Gasteiger partial charge in [0.25, 0.3) is 0 Å². The Bertz CT molecular complexity index is 1140. The second-order valence-corrected chi connectivity index (χ2v) is 6.24. The van der Waals surface area contributed by atoms with Gasteiger partial charge in [-0.2, -0.15) is 0 Å². The molecule has 5 nitrogen and oxygen atoms in total. The van der Waals surface area contributed by atoms with Gasteiger partial charge in [-0.15, -0.1) is 18.3 Å². The van der Waals surface area contributed by atoms with Gasteiger partial charge in [-0.05, 0) is 54.6 Å². The highest BCUT2D eigenvalue weighted by Gasteiger charge is 2.31. The Balaban J connectivity index is 1.52. The van der Waals surface area contributed by atoms with E-state index in [-0.39, 0.29) is 11.6 Å². The third kappa shape index (κ3) is 4.57. The van der Waals surface area contributed by atoms with E-state index in [2.05, 4.69) is 20.1 Å². The van der Waals surface area contributed by atoms with Crippen LogP contribution in [0.4, 0.5) is 28.9 Å². The molecule has 0 radical (unpaired) electrons. The summed E-state index contributed by atoms with van der Waals surface area (Å²) >= 11 is 0. The average Bonchev–Trinajstić information content (AvgIpc) is 3.20. The maximum atomic E-state index is 14.5. The number of hydrogen-bond acceptors (Lipinski definition) is 4. The summed E-state index contributed by atoms with van der Waals surface area (Å²) in [5.74, 6) is -0.535. The number of nitrogens with one attached hydrogen (secondary N) is 1. The zero-order chi connectivity index (χ0) is 21.1. The fourth-order valence-corrected chi connectivity index (χ4v) is 2.75. The van der Waals surface area contributed by atoms with Gasteiger partial charge in [-0.25, -0.2) is 14.1 Å². The van der Waals surface area contributed by atoms with Crippen LogP contribution < -0.4 is 10.1 Å². The van der Waals surface area contributed by atoms with Crippen molar-refractivity contribution in [1.82, 2.24) is 14.8 Å². The van der Waals surface area contributed by atoms with Gasteiger partial charge in [0.1, 0.15) is 17.9 Å². The molecule has 0 aliphatic heterocycles. The number of aromatic nitrogens is 3. The van der Waals surface area contributed by atoms with Crippen molar-refractivity contribution < 1.29 is 22.3 Å².